The van der Waals surface area contributed by atoms with Gasteiger partial charge >= 0.3 is 5.82 Å². The number of hydrogen-bond donors (Lipinski definition) is 0. The van der Waals surface area contributed by atoms with Gasteiger partial charge in [0, 0.05) is 12.4 Å². The number of rotatable bonds is 3. The monoisotopic (exact) mass is 238 g/mol. The first-order chi connectivity index (χ1) is 7.66. The Hall–Kier alpha value is -1.95. The molecule has 2 aromatic heterocycles. The van der Waals surface area contributed by atoms with Gasteiger partial charge in [-0.15, -0.1) is 0 Å². The van der Waals surface area contributed by atoms with E-state index in [4.69, 9.17) is 11.6 Å². The molecule has 0 radical (unpaired) electrons. The van der Waals surface area contributed by atoms with E-state index < -0.39 is 4.92 Å². The molecule has 0 fully saturated rings. The molecule has 0 aromatic carbocycles. The molecular formula is C9H7ClN4O2. The predicted octanol–water partition coefficient (Wildman–Crippen LogP) is 1.89. The summed E-state index contributed by atoms with van der Waals surface area (Å²) in [6.45, 7) is 0.404. The van der Waals surface area contributed by atoms with Gasteiger partial charge in [-0.1, -0.05) is 17.7 Å². The quantitative estimate of drug-likeness (QED) is 0.605. The third kappa shape index (κ3) is 2.17. The van der Waals surface area contributed by atoms with Crippen LogP contribution in [0.25, 0.3) is 0 Å². The molecule has 2 aromatic rings. The van der Waals surface area contributed by atoms with Crippen molar-refractivity contribution in [3.63, 3.8) is 0 Å². The van der Waals surface area contributed by atoms with E-state index in [9.17, 15) is 10.1 Å². The zero-order chi connectivity index (χ0) is 11.5. The highest BCUT2D eigenvalue weighted by atomic mass is 35.5. The number of halogens is 1. The molecular weight excluding hydrogens is 232 g/mol. The summed E-state index contributed by atoms with van der Waals surface area (Å²) in [5.41, 5.74) is 0.900. The van der Waals surface area contributed by atoms with Gasteiger partial charge in [0.05, 0.1) is 17.8 Å². The van der Waals surface area contributed by atoms with Crippen molar-refractivity contribution in [2.45, 2.75) is 6.54 Å². The van der Waals surface area contributed by atoms with Crippen molar-refractivity contribution >= 4 is 17.4 Å². The molecule has 0 unspecified atom stereocenters. The molecule has 0 saturated carbocycles. The topological polar surface area (TPSA) is 73.8 Å². The Labute approximate surface area is 95.6 Å². The van der Waals surface area contributed by atoms with Crippen molar-refractivity contribution in [2.24, 2.45) is 0 Å². The first kappa shape index (κ1) is 10.6. The van der Waals surface area contributed by atoms with E-state index in [-0.39, 0.29) is 10.8 Å². The molecule has 0 N–H and O–H groups in total. The van der Waals surface area contributed by atoms with Crippen molar-refractivity contribution in [3.05, 3.63) is 51.4 Å². The van der Waals surface area contributed by atoms with Crippen LogP contribution in [-0.2, 0) is 6.54 Å². The van der Waals surface area contributed by atoms with Crippen molar-refractivity contribution in [1.29, 1.82) is 0 Å². The van der Waals surface area contributed by atoms with Gasteiger partial charge in [0.25, 0.3) is 0 Å². The highest BCUT2D eigenvalue weighted by molar-refractivity contribution is 6.32. The largest absolute Gasteiger partial charge is 0.408 e. The number of nitro groups is 1. The highest BCUT2D eigenvalue weighted by Crippen LogP contribution is 2.21. The maximum Gasteiger partial charge on any atom is 0.408 e. The summed E-state index contributed by atoms with van der Waals surface area (Å²) in [4.78, 5) is 13.8. The fourth-order valence-electron chi connectivity index (χ4n) is 1.27. The molecule has 0 saturated heterocycles. The molecule has 0 aliphatic heterocycles. The van der Waals surface area contributed by atoms with Crippen LogP contribution in [0.5, 0.6) is 0 Å². The second-order valence-electron chi connectivity index (χ2n) is 3.12. The zero-order valence-electron chi connectivity index (χ0n) is 8.08. The summed E-state index contributed by atoms with van der Waals surface area (Å²) in [6, 6.07) is 3.64. The minimum absolute atomic E-state index is 0.0360. The first-order valence-corrected chi connectivity index (χ1v) is 4.81. The Kier molecular flexibility index (Phi) is 2.82. The lowest BCUT2D eigenvalue weighted by atomic mass is 10.3. The molecule has 0 atom stereocenters. The summed E-state index contributed by atoms with van der Waals surface area (Å²) in [5.74, 6) is -0.328. The zero-order valence-corrected chi connectivity index (χ0v) is 8.83. The third-order valence-electron chi connectivity index (χ3n) is 1.94. The average Bonchev–Trinajstić information content (AvgIpc) is 2.61. The van der Waals surface area contributed by atoms with Crippen LogP contribution in [0.3, 0.4) is 0 Å². The lowest BCUT2D eigenvalue weighted by molar-refractivity contribution is -0.389. The van der Waals surface area contributed by atoms with Gasteiger partial charge in [0.1, 0.15) is 0 Å². The highest BCUT2D eigenvalue weighted by Gasteiger charge is 2.18. The lowest BCUT2D eigenvalue weighted by Crippen LogP contribution is -2.01. The summed E-state index contributed by atoms with van der Waals surface area (Å²) in [6.07, 6.45) is 4.75. The number of pyridine rings is 1. The van der Waals surface area contributed by atoms with E-state index in [2.05, 4.69) is 10.1 Å². The van der Waals surface area contributed by atoms with Crippen LogP contribution in [0.2, 0.25) is 5.02 Å². The van der Waals surface area contributed by atoms with E-state index in [0.717, 1.165) is 5.56 Å². The SMILES string of the molecule is O=[N+]([O-])c1nn(Cc2cccnc2)cc1Cl. The Morgan fingerprint density at radius 3 is 2.94 bits per heavy atom. The molecule has 16 heavy (non-hydrogen) atoms. The Balaban J connectivity index is 2.23. The molecule has 0 aliphatic rings. The van der Waals surface area contributed by atoms with Gasteiger partial charge < -0.3 is 10.1 Å². The van der Waals surface area contributed by atoms with Crippen LogP contribution in [0.15, 0.2) is 30.7 Å². The Morgan fingerprint density at radius 1 is 1.56 bits per heavy atom. The molecule has 0 amide bonds. The van der Waals surface area contributed by atoms with Crippen molar-refractivity contribution < 1.29 is 4.92 Å². The van der Waals surface area contributed by atoms with Crippen LogP contribution >= 0.6 is 11.6 Å². The predicted molar refractivity (Wildman–Crippen MR) is 57.2 cm³/mol. The number of hydrogen-bond acceptors (Lipinski definition) is 4. The molecule has 2 rings (SSSR count). The maximum absolute atomic E-state index is 10.5. The van der Waals surface area contributed by atoms with E-state index >= 15 is 0 Å². The average molecular weight is 239 g/mol. The first-order valence-electron chi connectivity index (χ1n) is 4.43. The van der Waals surface area contributed by atoms with Gasteiger partial charge in [-0.3, -0.25) is 4.98 Å². The fourth-order valence-corrected chi connectivity index (χ4v) is 1.49. The smallest absolute Gasteiger partial charge is 0.358 e. The lowest BCUT2D eigenvalue weighted by Gasteiger charge is -1.95. The maximum atomic E-state index is 10.5. The number of aromatic nitrogens is 3. The summed E-state index contributed by atoms with van der Waals surface area (Å²) in [7, 11) is 0. The molecule has 6 nitrogen and oxygen atoms in total. The van der Waals surface area contributed by atoms with Crippen molar-refractivity contribution in [2.75, 3.05) is 0 Å². The van der Waals surface area contributed by atoms with Crippen LogP contribution in [0.4, 0.5) is 5.82 Å². The second kappa shape index (κ2) is 4.28. The van der Waals surface area contributed by atoms with Gasteiger partial charge in [0.2, 0.25) is 0 Å². The van der Waals surface area contributed by atoms with Crippen LogP contribution < -0.4 is 0 Å². The van der Waals surface area contributed by atoms with Gasteiger partial charge in [-0.2, -0.15) is 4.68 Å². The normalized spacial score (nSPS) is 10.3. The van der Waals surface area contributed by atoms with Gasteiger partial charge in [-0.25, -0.2) is 0 Å². The van der Waals surface area contributed by atoms with Crippen LogP contribution in [-0.4, -0.2) is 19.7 Å². The molecule has 82 valence electrons. The molecule has 0 bridgehead atoms. The minimum Gasteiger partial charge on any atom is -0.358 e. The summed E-state index contributed by atoms with van der Waals surface area (Å²) in [5, 5.41) is 14.3. The van der Waals surface area contributed by atoms with Crippen molar-refractivity contribution in [1.82, 2.24) is 14.8 Å². The second-order valence-corrected chi connectivity index (χ2v) is 3.52. The van der Waals surface area contributed by atoms with E-state index in [1.54, 1.807) is 18.5 Å². The standard InChI is InChI=1S/C9H7ClN4O2/c10-8-6-13(12-9(8)14(15)16)5-7-2-1-3-11-4-7/h1-4,6H,5H2. The molecule has 0 spiro atoms. The molecule has 7 heteroatoms. The molecule has 2 heterocycles. The number of nitrogens with zero attached hydrogens (tertiary/aromatic N) is 4. The Morgan fingerprint density at radius 2 is 2.38 bits per heavy atom. The van der Waals surface area contributed by atoms with Gasteiger partial charge in [-0.05, 0) is 16.6 Å². The summed E-state index contributed by atoms with van der Waals surface area (Å²) < 4.78 is 1.41. The fraction of sp³-hybridized carbons (Fsp3) is 0.111. The van der Waals surface area contributed by atoms with Crippen LogP contribution in [0, 0.1) is 10.1 Å². The minimum atomic E-state index is -0.609. The third-order valence-corrected chi connectivity index (χ3v) is 2.21. The van der Waals surface area contributed by atoms with E-state index in [0.29, 0.717) is 6.54 Å². The van der Waals surface area contributed by atoms with Gasteiger partial charge in [0.15, 0.2) is 5.02 Å². The summed E-state index contributed by atoms with van der Waals surface area (Å²) >= 11 is 5.67. The van der Waals surface area contributed by atoms with E-state index in [1.165, 1.54) is 10.9 Å². The van der Waals surface area contributed by atoms with Crippen molar-refractivity contribution in [3.8, 4) is 0 Å². The Bertz CT molecular complexity index is 511. The molecule has 0 aliphatic carbocycles. The van der Waals surface area contributed by atoms with E-state index in [1.807, 2.05) is 6.07 Å². The van der Waals surface area contributed by atoms with Crippen LogP contribution in [0.1, 0.15) is 5.56 Å².